The molecule has 0 spiro atoms. The maximum absolute atomic E-state index is 5.79. The van der Waals surface area contributed by atoms with Crippen molar-refractivity contribution in [1.29, 1.82) is 0 Å². The lowest BCUT2D eigenvalue weighted by atomic mass is 9.79. The van der Waals surface area contributed by atoms with Gasteiger partial charge >= 0.3 is 0 Å². The normalized spacial score (nSPS) is 19.7. The van der Waals surface area contributed by atoms with Crippen LogP contribution in [0.25, 0.3) is 0 Å². The first-order valence-corrected chi connectivity index (χ1v) is 6.25. The zero-order chi connectivity index (χ0) is 10.4. The molecule has 0 aliphatic heterocycles. The number of nitrogens with one attached hydrogen (secondary N) is 1. The van der Waals surface area contributed by atoms with Crippen LogP contribution in [0.1, 0.15) is 46.0 Å². The minimum Gasteiger partial charge on any atom is -0.329 e. The van der Waals surface area contributed by atoms with Gasteiger partial charge in [-0.05, 0) is 31.2 Å². The molecule has 0 aromatic carbocycles. The summed E-state index contributed by atoms with van der Waals surface area (Å²) in [6, 6.07) is 0.587. The number of hydrogen-bond acceptors (Lipinski definition) is 2. The first-order valence-electron chi connectivity index (χ1n) is 6.25. The van der Waals surface area contributed by atoms with Crippen LogP contribution in [-0.4, -0.2) is 19.1 Å². The van der Waals surface area contributed by atoms with E-state index in [4.69, 9.17) is 5.73 Å². The fraction of sp³-hybridized carbons (Fsp3) is 1.00. The van der Waals surface area contributed by atoms with Crippen molar-refractivity contribution in [2.24, 2.45) is 17.6 Å². The van der Waals surface area contributed by atoms with Crippen molar-refractivity contribution in [2.45, 2.75) is 52.0 Å². The van der Waals surface area contributed by atoms with Gasteiger partial charge in [-0.2, -0.15) is 0 Å². The smallest absolute Gasteiger partial charge is 0.0218 e. The lowest BCUT2D eigenvalue weighted by Gasteiger charge is -2.34. The van der Waals surface area contributed by atoms with E-state index in [9.17, 15) is 0 Å². The van der Waals surface area contributed by atoms with Gasteiger partial charge in [0.25, 0.3) is 0 Å². The monoisotopic (exact) mass is 198 g/mol. The molecule has 1 saturated carbocycles. The van der Waals surface area contributed by atoms with E-state index in [1.165, 1.54) is 32.1 Å². The third kappa shape index (κ3) is 3.25. The van der Waals surface area contributed by atoms with Crippen LogP contribution < -0.4 is 11.1 Å². The van der Waals surface area contributed by atoms with Crippen LogP contribution in [0.5, 0.6) is 0 Å². The Balaban J connectivity index is 2.18. The molecule has 2 heteroatoms. The van der Waals surface area contributed by atoms with Crippen molar-refractivity contribution in [3.8, 4) is 0 Å². The van der Waals surface area contributed by atoms with E-state index in [1.54, 1.807) is 0 Å². The summed E-state index contributed by atoms with van der Waals surface area (Å²) in [5.74, 6) is 1.71. The minimum atomic E-state index is 0.587. The summed E-state index contributed by atoms with van der Waals surface area (Å²) in [4.78, 5) is 0. The van der Waals surface area contributed by atoms with Crippen molar-refractivity contribution < 1.29 is 0 Å². The highest BCUT2D eigenvalue weighted by Crippen LogP contribution is 2.29. The third-order valence-electron chi connectivity index (χ3n) is 3.80. The van der Waals surface area contributed by atoms with Crippen molar-refractivity contribution in [1.82, 2.24) is 5.32 Å². The first-order chi connectivity index (χ1) is 6.81. The van der Waals surface area contributed by atoms with Crippen LogP contribution >= 0.6 is 0 Å². The molecular weight excluding hydrogens is 172 g/mol. The lowest BCUT2D eigenvalue weighted by molar-refractivity contribution is 0.224. The quantitative estimate of drug-likeness (QED) is 0.658. The molecule has 1 unspecified atom stereocenters. The van der Waals surface area contributed by atoms with Crippen molar-refractivity contribution >= 4 is 0 Å². The van der Waals surface area contributed by atoms with Gasteiger partial charge in [0, 0.05) is 12.6 Å². The maximum atomic E-state index is 5.79. The average Bonchev–Trinajstić information content (AvgIpc) is 2.14. The SMILES string of the molecule is CCC(CC)CNC(CN)C1CCC1. The summed E-state index contributed by atoms with van der Waals surface area (Å²) in [5, 5.41) is 3.65. The summed E-state index contributed by atoms with van der Waals surface area (Å²) >= 11 is 0. The maximum Gasteiger partial charge on any atom is 0.0218 e. The van der Waals surface area contributed by atoms with Gasteiger partial charge in [0.2, 0.25) is 0 Å². The Morgan fingerprint density at radius 3 is 2.29 bits per heavy atom. The van der Waals surface area contributed by atoms with Crippen LogP contribution in [0, 0.1) is 11.8 Å². The number of hydrogen-bond donors (Lipinski definition) is 2. The molecule has 0 aromatic rings. The molecule has 0 amide bonds. The summed E-state index contributed by atoms with van der Waals surface area (Å²) in [6.07, 6.45) is 6.75. The molecule has 1 aliphatic carbocycles. The van der Waals surface area contributed by atoms with Crippen molar-refractivity contribution in [3.63, 3.8) is 0 Å². The van der Waals surface area contributed by atoms with Crippen LogP contribution in [0.15, 0.2) is 0 Å². The van der Waals surface area contributed by atoms with Crippen molar-refractivity contribution in [3.05, 3.63) is 0 Å². The Morgan fingerprint density at radius 2 is 1.93 bits per heavy atom. The average molecular weight is 198 g/mol. The summed E-state index contributed by atoms with van der Waals surface area (Å²) in [7, 11) is 0. The van der Waals surface area contributed by atoms with Crippen LogP contribution in [0.3, 0.4) is 0 Å². The molecule has 84 valence electrons. The van der Waals surface area contributed by atoms with Gasteiger partial charge < -0.3 is 11.1 Å². The molecule has 2 nitrogen and oxygen atoms in total. The third-order valence-corrected chi connectivity index (χ3v) is 3.80. The highest BCUT2D eigenvalue weighted by atomic mass is 14.9. The standard InChI is InChI=1S/C12H26N2/c1-3-10(4-2)9-14-12(8-13)11-6-5-7-11/h10-12,14H,3-9,13H2,1-2H3. The fourth-order valence-corrected chi connectivity index (χ4v) is 2.18. The van der Waals surface area contributed by atoms with Gasteiger partial charge in [-0.25, -0.2) is 0 Å². The predicted molar refractivity (Wildman–Crippen MR) is 62.3 cm³/mol. The molecule has 1 fully saturated rings. The highest BCUT2D eigenvalue weighted by Gasteiger charge is 2.25. The Morgan fingerprint density at radius 1 is 1.29 bits per heavy atom. The second-order valence-electron chi connectivity index (χ2n) is 4.62. The molecule has 0 saturated heterocycles. The molecule has 0 heterocycles. The lowest BCUT2D eigenvalue weighted by Crippen LogP contribution is -2.46. The Labute approximate surface area is 88.6 Å². The molecule has 3 N–H and O–H groups in total. The second kappa shape index (κ2) is 6.41. The molecule has 0 aromatic heterocycles. The largest absolute Gasteiger partial charge is 0.329 e. The van der Waals surface area contributed by atoms with E-state index >= 15 is 0 Å². The first kappa shape index (κ1) is 12.0. The fourth-order valence-electron chi connectivity index (χ4n) is 2.18. The van der Waals surface area contributed by atoms with Crippen LogP contribution in [0.2, 0.25) is 0 Å². The zero-order valence-electron chi connectivity index (χ0n) is 9.76. The Kier molecular flexibility index (Phi) is 5.49. The molecule has 14 heavy (non-hydrogen) atoms. The minimum absolute atomic E-state index is 0.587. The Bertz CT molecular complexity index is 139. The van der Waals surface area contributed by atoms with E-state index in [0.717, 1.165) is 24.9 Å². The van der Waals surface area contributed by atoms with Crippen LogP contribution in [0.4, 0.5) is 0 Å². The molecule has 1 aliphatic rings. The van der Waals surface area contributed by atoms with Gasteiger partial charge in [-0.15, -0.1) is 0 Å². The predicted octanol–water partition coefficient (Wildman–Crippen LogP) is 2.14. The molecule has 1 atom stereocenters. The van der Waals surface area contributed by atoms with E-state index in [0.29, 0.717) is 6.04 Å². The number of nitrogens with two attached hydrogens (primary N) is 1. The van der Waals surface area contributed by atoms with E-state index < -0.39 is 0 Å². The van der Waals surface area contributed by atoms with Gasteiger partial charge in [0.05, 0.1) is 0 Å². The van der Waals surface area contributed by atoms with E-state index in [-0.39, 0.29) is 0 Å². The zero-order valence-corrected chi connectivity index (χ0v) is 9.76. The summed E-state index contributed by atoms with van der Waals surface area (Å²) in [5.41, 5.74) is 5.79. The summed E-state index contributed by atoms with van der Waals surface area (Å²) in [6.45, 7) is 6.52. The molecule has 1 rings (SSSR count). The van der Waals surface area contributed by atoms with E-state index in [2.05, 4.69) is 19.2 Å². The molecule has 0 bridgehead atoms. The Hall–Kier alpha value is -0.0800. The highest BCUT2D eigenvalue weighted by molar-refractivity contribution is 4.83. The van der Waals surface area contributed by atoms with Gasteiger partial charge in [0.1, 0.15) is 0 Å². The van der Waals surface area contributed by atoms with Crippen molar-refractivity contribution in [2.75, 3.05) is 13.1 Å². The van der Waals surface area contributed by atoms with Crippen LogP contribution in [-0.2, 0) is 0 Å². The van der Waals surface area contributed by atoms with E-state index in [1.807, 2.05) is 0 Å². The second-order valence-corrected chi connectivity index (χ2v) is 4.62. The van der Waals surface area contributed by atoms with Gasteiger partial charge in [-0.1, -0.05) is 33.1 Å². The topological polar surface area (TPSA) is 38.0 Å². The van der Waals surface area contributed by atoms with Gasteiger partial charge in [-0.3, -0.25) is 0 Å². The molecule has 0 radical (unpaired) electrons. The molecular formula is C12H26N2. The number of rotatable bonds is 7. The summed E-state index contributed by atoms with van der Waals surface area (Å²) < 4.78 is 0. The van der Waals surface area contributed by atoms with Gasteiger partial charge in [0.15, 0.2) is 0 Å².